The number of rotatable bonds is 11. The fourth-order valence-electron chi connectivity index (χ4n) is 2.53. The van der Waals surface area contributed by atoms with Crippen molar-refractivity contribution in [1.29, 1.82) is 0 Å². The average Bonchev–Trinajstić information content (AvgIpc) is 2.54. The van der Waals surface area contributed by atoms with E-state index in [0.717, 1.165) is 24.8 Å². The first-order valence-corrected chi connectivity index (χ1v) is 8.55. The second kappa shape index (κ2) is 11.1. The van der Waals surface area contributed by atoms with Crippen molar-refractivity contribution in [3.8, 4) is 0 Å². The molecule has 0 fully saturated rings. The number of ether oxygens (including phenoxy) is 1. The molecule has 1 rings (SSSR count). The van der Waals surface area contributed by atoms with Gasteiger partial charge in [-0.3, -0.25) is 4.79 Å². The average molecular weight is 302 g/mol. The molecule has 0 saturated carbocycles. The highest BCUT2D eigenvalue weighted by molar-refractivity contribution is 5.77. The second-order valence-electron chi connectivity index (χ2n) is 5.92. The predicted octanol–water partition coefficient (Wildman–Crippen LogP) is 5.64. The maximum Gasteiger partial charge on any atom is 0.313 e. The quantitative estimate of drug-likeness (QED) is 0.300. The summed E-state index contributed by atoms with van der Waals surface area (Å²) < 4.78 is 5.70. The van der Waals surface area contributed by atoms with Crippen LogP contribution in [0.2, 0.25) is 0 Å². The zero-order valence-electron chi connectivity index (χ0n) is 14.1. The Kier molecular flexibility index (Phi) is 9.29. The third-order valence-corrected chi connectivity index (χ3v) is 4.00. The largest absolute Gasteiger partial charge is 0.462 e. The third-order valence-electron chi connectivity index (χ3n) is 4.00. The van der Waals surface area contributed by atoms with Gasteiger partial charge in [0.15, 0.2) is 0 Å². The van der Waals surface area contributed by atoms with E-state index in [9.17, 15) is 4.79 Å². The van der Waals surface area contributed by atoms with Crippen molar-refractivity contribution < 1.29 is 9.53 Å². The standard InChI is InChI=1S/C20H30O2/c1-4-6-7-8-12-16-19(13-5-2)22-20(21)17(3)18-14-10-9-11-15-18/h5,9-11,14-15,17,19H,2,4,6-8,12-13,16H2,1,3H3/t17-,19+/m0/s1. The van der Waals surface area contributed by atoms with Crippen LogP contribution in [0.4, 0.5) is 0 Å². The van der Waals surface area contributed by atoms with Gasteiger partial charge in [0.2, 0.25) is 0 Å². The first-order chi connectivity index (χ1) is 10.7. The summed E-state index contributed by atoms with van der Waals surface area (Å²) in [6.45, 7) is 7.90. The van der Waals surface area contributed by atoms with Crippen LogP contribution < -0.4 is 0 Å². The van der Waals surface area contributed by atoms with E-state index in [2.05, 4.69) is 13.5 Å². The molecule has 0 aliphatic carbocycles. The Bertz CT molecular complexity index is 425. The van der Waals surface area contributed by atoms with E-state index in [4.69, 9.17) is 4.74 Å². The normalized spacial score (nSPS) is 13.4. The molecule has 2 heteroatoms. The van der Waals surface area contributed by atoms with Gasteiger partial charge in [-0.25, -0.2) is 0 Å². The van der Waals surface area contributed by atoms with Gasteiger partial charge in [-0.05, 0) is 25.3 Å². The fourth-order valence-corrected chi connectivity index (χ4v) is 2.53. The van der Waals surface area contributed by atoms with E-state index >= 15 is 0 Å². The van der Waals surface area contributed by atoms with Crippen LogP contribution in [-0.2, 0) is 9.53 Å². The molecule has 122 valence electrons. The first kappa shape index (κ1) is 18.5. The molecule has 0 aliphatic rings. The molecular formula is C20H30O2. The minimum absolute atomic E-state index is 0.0298. The number of hydrogen-bond acceptors (Lipinski definition) is 2. The van der Waals surface area contributed by atoms with E-state index in [1.165, 1.54) is 25.7 Å². The topological polar surface area (TPSA) is 26.3 Å². The molecule has 0 bridgehead atoms. The number of esters is 1. The second-order valence-corrected chi connectivity index (χ2v) is 5.92. The molecule has 0 aliphatic heterocycles. The van der Waals surface area contributed by atoms with Crippen LogP contribution in [0.1, 0.15) is 70.3 Å². The van der Waals surface area contributed by atoms with E-state index in [0.29, 0.717) is 0 Å². The Balaban J connectivity index is 2.44. The molecule has 0 N–H and O–H groups in total. The van der Waals surface area contributed by atoms with Crippen molar-refractivity contribution in [1.82, 2.24) is 0 Å². The summed E-state index contributed by atoms with van der Waals surface area (Å²) >= 11 is 0. The van der Waals surface area contributed by atoms with Gasteiger partial charge < -0.3 is 4.74 Å². The van der Waals surface area contributed by atoms with Crippen molar-refractivity contribution in [2.75, 3.05) is 0 Å². The van der Waals surface area contributed by atoms with Crippen molar-refractivity contribution >= 4 is 5.97 Å². The zero-order chi connectivity index (χ0) is 16.2. The number of unbranched alkanes of at least 4 members (excludes halogenated alkanes) is 4. The molecule has 22 heavy (non-hydrogen) atoms. The summed E-state index contributed by atoms with van der Waals surface area (Å²) in [6, 6.07) is 9.80. The Morgan fingerprint density at radius 3 is 2.50 bits per heavy atom. The van der Waals surface area contributed by atoms with Gasteiger partial charge in [0, 0.05) is 6.42 Å². The van der Waals surface area contributed by atoms with Gasteiger partial charge >= 0.3 is 5.97 Å². The molecule has 2 atom stereocenters. The summed E-state index contributed by atoms with van der Waals surface area (Å²) in [6.07, 6.45) is 9.63. The van der Waals surface area contributed by atoms with Crippen molar-refractivity contribution in [2.24, 2.45) is 0 Å². The molecule has 1 aromatic carbocycles. The van der Waals surface area contributed by atoms with Crippen LogP contribution in [0.15, 0.2) is 43.0 Å². The number of benzene rings is 1. The van der Waals surface area contributed by atoms with Gasteiger partial charge in [0.1, 0.15) is 6.10 Å². The SMILES string of the molecule is C=CC[C@H](CCCCCCC)OC(=O)[C@@H](C)c1ccccc1. The molecule has 2 nitrogen and oxygen atoms in total. The number of hydrogen-bond donors (Lipinski definition) is 0. The minimum Gasteiger partial charge on any atom is -0.462 e. The molecule has 0 unspecified atom stereocenters. The summed E-state index contributed by atoms with van der Waals surface area (Å²) in [7, 11) is 0. The highest BCUT2D eigenvalue weighted by Gasteiger charge is 2.20. The molecule has 0 heterocycles. The van der Waals surface area contributed by atoms with Gasteiger partial charge in [-0.15, -0.1) is 6.58 Å². The lowest BCUT2D eigenvalue weighted by Crippen LogP contribution is -2.21. The highest BCUT2D eigenvalue weighted by atomic mass is 16.5. The molecule has 0 radical (unpaired) electrons. The van der Waals surface area contributed by atoms with E-state index in [1.807, 2.05) is 43.3 Å². The smallest absolute Gasteiger partial charge is 0.313 e. The Hall–Kier alpha value is -1.57. The van der Waals surface area contributed by atoms with Crippen LogP contribution in [0.25, 0.3) is 0 Å². The lowest BCUT2D eigenvalue weighted by molar-refractivity contribution is -0.150. The Morgan fingerprint density at radius 1 is 1.18 bits per heavy atom. The van der Waals surface area contributed by atoms with Crippen molar-refractivity contribution in [2.45, 2.75) is 70.8 Å². The first-order valence-electron chi connectivity index (χ1n) is 8.55. The Morgan fingerprint density at radius 2 is 1.86 bits per heavy atom. The van der Waals surface area contributed by atoms with Gasteiger partial charge in [-0.1, -0.05) is 69.0 Å². The monoisotopic (exact) mass is 302 g/mol. The molecule has 1 aromatic rings. The van der Waals surface area contributed by atoms with Crippen LogP contribution >= 0.6 is 0 Å². The van der Waals surface area contributed by atoms with Crippen molar-refractivity contribution in [3.05, 3.63) is 48.6 Å². The summed E-state index contributed by atoms with van der Waals surface area (Å²) in [5.41, 5.74) is 1.01. The highest BCUT2D eigenvalue weighted by Crippen LogP contribution is 2.20. The summed E-state index contributed by atoms with van der Waals surface area (Å²) in [5, 5.41) is 0. The van der Waals surface area contributed by atoms with Gasteiger partial charge in [0.05, 0.1) is 5.92 Å². The van der Waals surface area contributed by atoms with E-state index in [1.54, 1.807) is 0 Å². The maximum absolute atomic E-state index is 12.3. The Labute approximate surface area is 135 Å². The minimum atomic E-state index is -0.214. The fraction of sp³-hybridized carbons (Fsp3) is 0.550. The lowest BCUT2D eigenvalue weighted by Gasteiger charge is -2.19. The predicted molar refractivity (Wildman–Crippen MR) is 92.9 cm³/mol. The van der Waals surface area contributed by atoms with Gasteiger partial charge in [-0.2, -0.15) is 0 Å². The van der Waals surface area contributed by atoms with Crippen molar-refractivity contribution in [3.63, 3.8) is 0 Å². The van der Waals surface area contributed by atoms with E-state index < -0.39 is 0 Å². The molecular weight excluding hydrogens is 272 g/mol. The molecule has 0 aromatic heterocycles. The van der Waals surface area contributed by atoms with Crippen LogP contribution in [0, 0.1) is 0 Å². The maximum atomic E-state index is 12.3. The lowest BCUT2D eigenvalue weighted by atomic mass is 10.0. The zero-order valence-corrected chi connectivity index (χ0v) is 14.1. The molecule has 0 amide bonds. The summed E-state index contributed by atoms with van der Waals surface area (Å²) in [5.74, 6) is -0.347. The molecule has 0 saturated heterocycles. The van der Waals surface area contributed by atoms with Crippen LogP contribution in [-0.4, -0.2) is 12.1 Å². The number of carbonyl (C=O) groups is 1. The molecule has 0 spiro atoms. The van der Waals surface area contributed by atoms with Gasteiger partial charge in [0.25, 0.3) is 0 Å². The number of carbonyl (C=O) groups excluding carboxylic acids is 1. The van der Waals surface area contributed by atoms with Crippen LogP contribution in [0.3, 0.4) is 0 Å². The third kappa shape index (κ3) is 6.93. The van der Waals surface area contributed by atoms with Crippen LogP contribution in [0.5, 0.6) is 0 Å². The van der Waals surface area contributed by atoms with E-state index in [-0.39, 0.29) is 18.0 Å². The summed E-state index contributed by atoms with van der Waals surface area (Å²) in [4.78, 5) is 12.3.